The van der Waals surface area contributed by atoms with Crippen LogP contribution in [0.3, 0.4) is 0 Å². The van der Waals surface area contributed by atoms with Gasteiger partial charge in [-0.1, -0.05) is 98.8 Å². The second kappa shape index (κ2) is 12.1. The molecule has 0 nitrogen and oxygen atoms in total. The van der Waals surface area contributed by atoms with Gasteiger partial charge in [-0.25, -0.2) is 0 Å². The Labute approximate surface area is 117 Å². The van der Waals surface area contributed by atoms with Gasteiger partial charge in [-0.2, -0.15) is 0 Å². The highest BCUT2D eigenvalue weighted by atomic mass is 14.1. The molecular weight excluding hydrogens is 216 g/mol. The second-order valence-electron chi connectivity index (χ2n) is 6.82. The summed E-state index contributed by atoms with van der Waals surface area (Å²) in [4.78, 5) is 0. The third-order valence-electron chi connectivity index (χ3n) is 4.07. The van der Waals surface area contributed by atoms with Crippen molar-refractivity contribution in [3.8, 4) is 0 Å². The maximum Gasteiger partial charge on any atom is -0.0443 e. The van der Waals surface area contributed by atoms with Crippen LogP contribution in [0.4, 0.5) is 0 Å². The molecule has 0 saturated carbocycles. The molecule has 0 amide bonds. The highest BCUT2D eigenvalue weighted by Gasteiger charge is 2.06. The third-order valence-corrected chi connectivity index (χ3v) is 4.07. The molecule has 0 aliphatic heterocycles. The second-order valence-corrected chi connectivity index (χ2v) is 6.82. The molecule has 1 radical (unpaired) electrons. The minimum atomic E-state index is 0.880. The Bertz CT molecular complexity index is 159. The molecule has 0 spiro atoms. The zero-order chi connectivity index (χ0) is 13.8. The van der Waals surface area contributed by atoms with Gasteiger partial charge in [0.05, 0.1) is 0 Å². The van der Waals surface area contributed by atoms with Crippen molar-refractivity contribution in [2.24, 2.45) is 17.8 Å². The van der Waals surface area contributed by atoms with Crippen molar-refractivity contribution < 1.29 is 0 Å². The Morgan fingerprint density at radius 2 is 1.06 bits per heavy atom. The van der Waals surface area contributed by atoms with Crippen LogP contribution in [-0.2, 0) is 0 Å². The molecule has 0 aliphatic carbocycles. The summed E-state index contributed by atoms with van der Waals surface area (Å²) in [5, 5.41) is 0. The summed E-state index contributed by atoms with van der Waals surface area (Å²) in [6.45, 7) is 13.4. The van der Waals surface area contributed by atoms with Crippen LogP contribution in [0, 0.1) is 24.7 Å². The van der Waals surface area contributed by atoms with Crippen LogP contribution >= 0.6 is 0 Å². The summed E-state index contributed by atoms with van der Waals surface area (Å²) in [6, 6.07) is 0. The minimum absolute atomic E-state index is 0.880. The molecule has 0 heteroatoms. The topological polar surface area (TPSA) is 0 Å². The first-order chi connectivity index (χ1) is 8.56. The summed E-state index contributed by atoms with van der Waals surface area (Å²) in [5.41, 5.74) is 0. The first kappa shape index (κ1) is 18.0. The fraction of sp³-hybridized carbons (Fsp3) is 0.944. The first-order valence-corrected chi connectivity index (χ1v) is 8.35. The van der Waals surface area contributed by atoms with Gasteiger partial charge in [0.1, 0.15) is 0 Å². The summed E-state index contributed by atoms with van der Waals surface area (Å²) in [5.74, 6) is 2.75. The Morgan fingerprint density at radius 1 is 0.611 bits per heavy atom. The standard InChI is InChI=1S/C18H37/c1-6-7-8-12-17(4)14-10-15-18(5)13-9-11-16(2)3/h16-18H,1,6-15H2,2-5H3. The van der Waals surface area contributed by atoms with Crippen molar-refractivity contribution in [1.82, 2.24) is 0 Å². The van der Waals surface area contributed by atoms with E-state index in [0.717, 1.165) is 24.2 Å². The van der Waals surface area contributed by atoms with E-state index in [1.807, 2.05) is 0 Å². The number of unbranched alkanes of at least 4 members (excludes halogenated alkanes) is 2. The lowest BCUT2D eigenvalue weighted by molar-refractivity contribution is 0.387. The molecule has 0 saturated heterocycles. The molecule has 0 bridgehead atoms. The average Bonchev–Trinajstić information content (AvgIpc) is 2.29. The van der Waals surface area contributed by atoms with E-state index in [2.05, 4.69) is 34.6 Å². The van der Waals surface area contributed by atoms with Gasteiger partial charge in [0.2, 0.25) is 0 Å². The summed E-state index contributed by atoms with van der Waals surface area (Å²) in [6.07, 6.45) is 13.8. The lowest BCUT2D eigenvalue weighted by Gasteiger charge is -2.14. The Morgan fingerprint density at radius 3 is 1.50 bits per heavy atom. The highest BCUT2D eigenvalue weighted by Crippen LogP contribution is 2.21. The van der Waals surface area contributed by atoms with E-state index in [4.69, 9.17) is 0 Å². The average molecular weight is 253 g/mol. The monoisotopic (exact) mass is 253 g/mol. The Balaban J connectivity index is 3.35. The fourth-order valence-corrected chi connectivity index (χ4v) is 2.65. The molecular formula is C18H37. The lowest BCUT2D eigenvalue weighted by Crippen LogP contribution is -2.00. The van der Waals surface area contributed by atoms with Gasteiger partial charge < -0.3 is 0 Å². The molecule has 109 valence electrons. The molecule has 0 aromatic heterocycles. The van der Waals surface area contributed by atoms with Crippen LogP contribution in [0.25, 0.3) is 0 Å². The van der Waals surface area contributed by atoms with E-state index in [1.165, 1.54) is 57.8 Å². The van der Waals surface area contributed by atoms with Crippen LogP contribution in [0.2, 0.25) is 0 Å². The predicted octanol–water partition coefficient (Wildman–Crippen LogP) is 6.65. The van der Waals surface area contributed by atoms with E-state index >= 15 is 0 Å². The number of rotatable bonds is 12. The summed E-state index contributed by atoms with van der Waals surface area (Å²) >= 11 is 0. The van der Waals surface area contributed by atoms with E-state index in [0.29, 0.717) is 0 Å². The molecule has 0 heterocycles. The van der Waals surface area contributed by atoms with E-state index in [-0.39, 0.29) is 0 Å². The van der Waals surface area contributed by atoms with Gasteiger partial charge in [-0.15, -0.1) is 0 Å². The van der Waals surface area contributed by atoms with E-state index in [9.17, 15) is 0 Å². The Kier molecular flexibility index (Phi) is 12.1. The number of hydrogen-bond donors (Lipinski definition) is 0. The minimum Gasteiger partial charge on any atom is -0.0628 e. The first-order valence-electron chi connectivity index (χ1n) is 8.35. The molecule has 0 fully saturated rings. The summed E-state index contributed by atoms with van der Waals surface area (Å²) < 4.78 is 0. The smallest absolute Gasteiger partial charge is 0.0443 e. The zero-order valence-corrected chi connectivity index (χ0v) is 13.5. The predicted molar refractivity (Wildman–Crippen MR) is 84.7 cm³/mol. The van der Waals surface area contributed by atoms with E-state index < -0.39 is 0 Å². The number of hydrogen-bond acceptors (Lipinski definition) is 0. The lowest BCUT2D eigenvalue weighted by atomic mass is 9.92. The maximum absolute atomic E-state index is 3.91. The molecule has 0 aliphatic rings. The van der Waals surface area contributed by atoms with Crippen LogP contribution in [0.5, 0.6) is 0 Å². The van der Waals surface area contributed by atoms with Crippen molar-refractivity contribution in [2.45, 2.75) is 91.9 Å². The van der Waals surface area contributed by atoms with Crippen LogP contribution in [0.15, 0.2) is 0 Å². The molecule has 18 heavy (non-hydrogen) atoms. The van der Waals surface area contributed by atoms with Crippen molar-refractivity contribution in [2.75, 3.05) is 0 Å². The van der Waals surface area contributed by atoms with Gasteiger partial charge in [-0.05, 0) is 17.8 Å². The molecule has 0 rings (SSSR count). The molecule has 0 aromatic rings. The maximum atomic E-state index is 3.91. The van der Waals surface area contributed by atoms with Crippen LogP contribution in [0.1, 0.15) is 91.9 Å². The van der Waals surface area contributed by atoms with Crippen molar-refractivity contribution in [3.05, 3.63) is 6.92 Å². The largest absolute Gasteiger partial charge is 0.0628 e. The van der Waals surface area contributed by atoms with Crippen LogP contribution < -0.4 is 0 Å². The summed E-state index contributed by atoms with van der Waals surface area (Å²) in [7, 11) is 0. The van der Waals surface area contributed by atoms with Gasteiger partial charge in [0.25, 0.3) is 0 Å². The normalized spacial score (nSPS) is 15.0. The Hall–Kier alpha value is 0. The molecule has 0 aromatic carbocycles. The van der Waals surface area contributed by atoms with Gasteiger partial charge >= 0.3 is 0 Å². The SMILES string of the molecule is [CH2]CCCCC(C)CCCC(C)CCCC(C)C. The quantitative estimate of drug-likeness (QED) is 0.342. The van der Waals surface area contributed by atoms with Crippen molar-refractivity contribution >= 4 is 0 Å². The van der Waals surface area contributed by atoms with E-state index in [1.54, 1.807) is 0 Å². The zero-order valence-electron chi connectivity index (χ0n) is 13.5. The van der Waals surface area contributed by atoms with Gasteiger partial charge in [0, 0.05) is 0 Å². The molecule has 2 atom stereocenters. The van der Waals surface area contributed by atoms with Crippen LogP contribution in [-0.4, -0.2) is 0 Å². The molecule has 2 unspecified atom stereocenters. The van der Waals surface area contributed by atoms with Crippen molar-refractivity contribution in [1.29, 1.82) is 0 Å². The van der Waals surface area contributed by atoms with Gasteiger partial charge in [0.15, 0.2) is 0 Å². The molecule has 0 N–H and O–H groups in total. The highest BCUT2D eigenvalue weighted by molar-refractivity contribution is 4.59. The van der Waals surface area contributed by atoms with Crippen molar-refractivity contribution in [3.63, 3.8) is 0 Å². The third kappa shape index (κ3) is 12.5. The fourth-order valence-electron chi connectivity index (χ4n) is 2.65. The van der Waals surface area contributed by atoms with Gasteiger partial charge in [-0.3, -0.25) is 0 Å².